The van der Waals surface area contributed by atoms with Crippen molar-refractivity contribution in [3.63, 3.8) is 0 Å². The minimum Gasteiger partial charge on any atom is -0.444 e. The van der Waals surface area contributed by atoms with Gasteiger partial charge in [-0.3, -0.25) is 0 Å². The number of nitrogens with zero attached hydrogens (tertiary/aromatic N) is 1. The summed E-state index contributed by atoms with van der Waals surface area (Å²) >= 11 is 0. The van der Waals surface area contributed by atoms with Gasteiger partial charge in [-0.05, 0) is 66.5 Å². The van der Waals surface area contributed by atoms with Gasteiger partial charge in [-0.1, -0.05) is 0 Å². The molecule has 1 aliphatic rings. The van der Waals surface area contributed by atoms with Crippen molar-refractivity contribution in [1.82, 2.24) is 10.2 Å². The van der Waals surface area contributed by atoms with Crippen LogP contribution < -0.4 is 5.32 Å². The number of nitrogens with one attached hydrogen (secondary N) is 1. The molecule has 4 heteroatoms. The SMILES string of the molecule is CC(CC1CCCN(C)C1)NC(=O)OC(C)(C)C. The summed E-state index contributed by atoms with van der Waals surface area (Å²) in [7, 11) is 2.16. The maximum absolute atomic E-state index is 11.6. The maximum atomic E-state index is 11.6. The molecule has 1 saturated heterocycles. The molecule has 0 aromatic rings. The Bertz CT molecular complexity index is 273. The zero-order valence-electron chi connectivity index (χ0n) is 12.5. The van der Waals surface area contributed by atoms with E-state index in [9.17, 15) is 4.79 Å². The normalized spacial score (nSPS) is 23.5. The van der Waals surface area contributed by atoms with Gasteiger partial charge in [0.05, 0.1) is 0 Å². The van der Waals surface area contributed by atoms with E-state index in [-0.39, 0.29) is 12.1 Å². The summed E-state index contributed by atoms with van der Waals surface area (Å²) in [5, 5.41) is 2.92. The van der Waals surface area contributed by atoms with Gasteiger partial charge in [-0.15, -0.1) is 0 Å². The molecule has 18 heavy (non-hydrogen) atoms. The van der Waals surface area contributed by atoms with Gasteiger partial charge in [0.25, 0.3) is 0 Å². The van der Waals surface area contributed by atoms with E-state index in [1.54, 1.807) is 0 Å². The van der Waals surface area contributed by atoms with Crippen LogP contribution in [0.15, 0.2) is 0 Å². The van der Waals surface area contributed by atoms with Crippen LogP contribution in [-0.4, -0.2) is 42.8 Å². The smallest absolute Gasteiger partial charge is 0.407 e. The van der Waals surface area contributed by atoms with E-state index < -0.39 is 5.60 Å². The molecule has 0 radical (unpaired) electrons. The second-order valence-electron chi connectivity index (χ2n) is 6.55. The number of ether oxygens (including phenoxy) is 1. The number of likely N-dealkylation sites (tertiary alicyclic amines) is 1. The van der Waals surface area contributed by atoms with Gasteiger partial charge in [-0.25, -0.2) is 4.79 Å². The molecule has 1 aliphatic heterocycles. The quantitative estimate of drug-likeness (QED) is 0.844. The third-order valence-corrected chi connectivity index (χ3v) is 3.17. The first-order valence-corrected chi connectivity index (χ1v) is 6.94. The zero-order chi connectivity index (χ0) is 13.8. The molecule has 1 rings (SSSR count). The predicted octanol–water partition coefficient (Wildman–Crippen LogP) is 2.63. The van der Waals surface area contributed by atoms with E-state index in [0.29, 0.717) is 5.92 Å². The summed E-state index contributed by atoms with van der Waals surface area (Å²) in [6.45, 7) is 10.0. The van der Waals surface area contributed by atoms with Gasteiger partial charge < -0.3 is 15.0 Å². The molecular weight excluding hydrogens is 228 g/mol. The largest absolute Gasteiger partial charge is 0.444 e. The molecule has 0 saturated carbocycles. The van der Waals surface area contributed by atoms with Crippen molar-refractivity contribution >= 4 is 6.09 Å². The van der Waals surface area contributed by atoms with Crippen molar-refractivity contribution < 1.29 is 9.53 Å². The Kier molecular flexibility index (Phi) is 5.45. The molecule has 0 aliphatic carbocycles. The lowest BCUT2D eigenvalue weighted by molar-refractivity contribution is 0.0498. The summed E-state index contributed by atoms with van der Waals surface area (Å²) in [4.78, 5) is 14.0. The van der Waals surface area contributed by atoms with E-state index in [4.69, 9.17) is 4.74 Å². The lowest BCUT2D eigenvalue weighted by Crippen LogP contribution is -2.40. The molecule has 106 valence electrons. The minimum atomic E-state index is -0.422. The number of rotatable bonds is 3. The maximum Gasteiger partial charge on any atom is 0.407 e. The second-order valence-corrected chi connectivity index (χ2v) is 6.55. The topological polar surface area (TPSA) is 41.6 Å². The van der Waals surface area contributed by atoms with Crippen LogP contribution in [0.1, 0.15) is 47.0 Å². The average Bonchev–Trinajstić information content (AvgIpc) is 2.13. The highest BCUT2D eigenvalue weighted by atomic mass is 16.6. The summed E-state index contributed by atoms with van der Waals surface area (Å²) in [5.41, 5.74) is -0.422. The van der Waals surface area contributed by atoms with Crippen LogP contribution in [0.3, 0.4) is 0 Å². The Morgan fingerprint density at radius 1 is 1.50 bits per heavy atom. The van der Waals surface area contributed by atoms with Crippen molar-refractivity contribution in [2.24, 2.45) is 5.92 Å². The highest BCUT2D eigenvalue weighted by molar-refractivity contribution is 5.67. The standard InChI is InChI=1S/C14H28N2O2/c1-11(15-13(17)18-14(2,3)4)9-12-7-6-8-16(5)10-12/h11-12H,6-10H2,1-5H3,(H,15,17). The Labute approximate surface area is 111 Å². The molecule has 1 N–H and O–H groups in total. The van der Waals surface area contributed by atoms with Crippen LogP contribution in [0.25, 0.3) is 0 Å². The van der Waals surface area contributed by atoms with Crippen molar-refractivity contribution in [2.45, 2.75) is 58.6 Å². The van der Waals surface area contributed by atoms with E-state index in [2.05, 4.69) is 24.2 Å². The fraction of sp³-hybridized carbons (Fsp3) is 0.929. The van der Waals surface area contributed by atoms with E-state index in [1.807, 2.05) is 20.8 Å². The molecular formula is C14H28N2O2. The lowest BCUT2D eigenvalue weighted by atomic mass is 9.92. The third-order valence-electron chi connectivity index (χ3n) is 3.17. The summed E-state index contributed by atoms with van der Waals surface area (Å²) in [5.74, 6) is 0.689. The molecule has 2 unspecified atom stereocenters. The van der Waals surface area contributed by atoms with Crippen LogP contribution >= 0.6 is 0 Å². The molecule has 4 nitrogen and oxygen atoms in total. The van der Waals surface area contributed by atoms with E-state index in [1.165, 1.54) is 19.4 Å². The summed E-state index contributed by atoms with van der Waals surface area (Å²) in [6.07, 6.45) is 3.26. The molecule has 0 aromatic heterocycles. The number of alkyl carbamates (subject to hydrolysis) is 1. The molecule has 0 spiro atoms. The molecule has 0 bridgehead atoms. The Morgan fingerprint density at radius 2 is 2.17 bits per heavy atom. The zero-order valence-corrected chi connectivity index (χ0v) is 12.5. The first-order chi connectivity index (χ1) is 8.26. The van der Waals surface area contributed by atoms with Gasteiger partial charge in [0.1, 0.15) is 5.60 Å². The second kappa shape index (κ2) is 6.41. The Morgan fingerprint density at radius 3 is 2.72 bits per heavy atom. The molecule has 1 fully saturated rings. The average molecular weight is 256 g/mol. The number of hydrogen-bond donors (Lipinski definition) is 1. The highest BCUT2D eigenvalue weighted by Crippen LogP contribution is 2.20. The van der Waals surface area contributed by atoms with E-state index >= 15 is 0 Å². The lowest BCUT2D eigenvalue weighted by Gasteiger charge is -2.31. The molecule has 1 amide bonds. The van der Waals surface area contributed by atoms with E-state index in [0.717, 1.165) is 13.0 Å². The highest BCUT2D eigenvalue weighted by Gasteiger charge is 2.22. The van der Waals surface area contributed by atoms with Crippen LogP contribution in [-0.2, 0) is 4.74 Å². The van der Waals surface area contributed by atoms with Crippen LogP contribution in [0.4, 0.5) is 4.79 Å². The Hall–Kier alpha value is -0.770. The van der Waals surface area contributed by atoms with Crippen molar-refractivity contribution in [2.75, 3.05) is 20.1 Å². The number of carbonyl (C=O) groups is 1. The van der Waals surface area contributed by atoms with Gasteiger partial charge in [0, 0.05) is 12.6 Å². The first kappa shape index (κ1) is 15.3. The third kappa shape index (κ3) is 6.24. The number of amides is 1. The first-order valence-electron chi connectivity index (χ1n) is 6.94. The van der Waals surface area contributed by atoms with Crippen LogP contribution in [0, 0.1) is 5.92 Å². The summed E-state index contributed by atoms with van der Waals surface area (Å²) < 4.78 is 5.26. The number of piperidine rings is 1. The van der Waals surface area contributed by atoms with Gasteiger partial charge in [-0.2, -0.15) is 0 Å². The molecule has 1 heterocycles. The van der Waals surface area contributed by atoms with Crippen molar-refractivity contribution in [3.05, 3.63) is 0 Å². The Balaban J connectivity index is 2.28. The van der Waals surface area contributed by atoms with Gasteiger partial charge >= 0.3 is 6.09 Å². The van der Waals surface area contributed by atoms with Crippen LogP contribution in [0.5, 0.6) is 0 Å². The monoisotopic (exact) mass is 256 g/mol. The predicted molar refractivity (Wildman–Crippen MR) is 73.7 cm³/mol. The fourth-order valence-corrected chi connectivity index (χ4v) is 2.53. The number of hydrogen-bond acceptors (Lipinski definition) is 3. The molecule has 0 aromatic carbocycles. The van der Waals surface area contributed by atoms with Crippen molar-refractivity contribution in [1.29, 1.82) is 0 Å². The number of carbonyl (C=O) groups excluding carboxylic acids is 1. The molecule has 2 atom stereocenters. The van der Waals surface area contributed by atoms with Gasteiger partial charge in [0.15, 0.2) is 0 Å². The summed E-state index contributed by atoms with van der Waals surface area (Å²) in [6, 6.07) is 0.177. The van der Waals surface area contributed by atoms with Crippen molar-refractivity contribution in [3.8, 4) is 0 Å². The van der Waals surface area contributed by atoms with Crippen LogP contribution in [0.2, 0.25) is 0 Å². The van der Waals surface area contributed by atoms with Gasteiger partial charge in [0.2, 0.25) is 0 Å². The fourth-order valence-electron chi connectivity index (χ4n) is 2.53. The minimum absolute atomic E-state index is 0.177.